The molecule has 0 unspecified atom stereocenters. The van der Waals surface area contributed by atoms with Crippen LogP contribution in [0, 0.1) is 5.82 Å². The predicted octanol–water partition coefficient (Wildman–Crippen LogP) is 6.01. The fourth-order valence-electron chi connectivity index (χ4n) is 3.74. The van der Waals surface area contributed by atoms with E-state index in [2.05, 4.69) is 0 Å². The summed E-state index contributed by atoms with van der Waals surface area (Å²) in [6.45, 7) is -0.167. The van der Waals surface area contributed by atoms with Crippen LogP contribution in [0.15, 0.2) is 72.8 Å². The van der Waals surface area contributed by atoms with Gasteiger partial charge in [0.1, 0.15) is 11.6 Å². The number of halogens is 4. The highest BCUT2D eigenvalue weighted by Crippen LogP contribution is 2.42. The van der Waals surface area contributed by atoms with Crippen molar-refractivity contribution >= 4 is 5.78 Å². The van der Waals surface area contributed by atoms with Gasteiger partial charge in [-0.25, -0.2) is 4.39 Å². The summed E-state index contributed by atoms with van der Waals surface area (Å²) < 4.78 is 58.7. The molecule has 0 aliphatic heterocycles. The van der Waals surface area contributed by atoms with Crippen molar-refractivity contribution in [3.05, 3.63) is 101 Å². The zero-order valence-electron chi connectivity index (χ0n) is 18.3. The minimum absolute atomic E-state index is 0.0840. The van der Waals surface area contributed by atoms with Gasteiger partial charge in [-0.05, 0) is 71.8 Å². The van der Waals surface area contributed by atoms with Crippen LogP contribution in [-0.4, -0.2) is 27.7 Å². The first-order chi connectivity index (χ1) is 16.6. The molecule has 3 aromatic carbocycles. The molecule has 0 spiro atoms. The second-order valence-electron chi connectivity index (χ2n) is 7.74. The van der Waals surface area contributed by atoms with Crippen LogP contribution in [0.2, 0.25) is 0 Å². The average Bonchev–Trinajstić information content (AvgIpc) is 3.09. The van der Waals surface area contributed by atoms with E-state index in [1.54, 1.807) is 12.1 Å². The molecule has 4 aromatic rings. The number of aromatic nitrogens is 1. The molecule has 0 fully saturated rings. The molecule has 0 atom stereocenters. The van der Waals surface area contributed by atoms with Crippen LogP contribution in [0.5, 0.6) is 17.4 Å². The number of hydrogen-bond donors (Lipinski definition) is 2. The maximum Gasteiger partial charge on any atom is 0.416 e. The molecule has 4 rings (SSSR count). The zero-order chi connectivity index (χ0) is 25.3. The van der Waals surface area contributed by atoms with E-state index < -0.39 is 35.0 Å². The highest BCUT2D eigenvalue weighted by molar-refractivity contribution is 6.15. The number of hydrogen-bond acceptors (Lipinski definition) is 4. The lowest BCUT2D eigenvalue weighted by atomic mass is 9.99. The van der Waals surface area contributed by atoms with Crippen molar-refractivity contribution in [2.24, 2.45) is 0 Å². The van der Waals surface area contributed by atoms with Crippen LogP contribution in [0.4, 0.5) is 17.6 Å². The summed E-state index contributed by atoms with van der Waals surface area (Å²) in [5.74, 6) is -2.00. The number of methoxy groups -OCH3 is 1. The van der Waals surface area contributed by atoms with Gasteiger partial charge in [0, 0.05) is 5.56 Å². The average molecular weight is 485 g/mol. The largest absolute Gasteiger partial charge is 0.503 e. The molecule has 180 valence electrons. The van der Waals surface area contributed by atoms with Crippen molar-refractivity contribution in [1.82, 2.24) is 4.57 Å². The fraction of sp³-hybridized carbons (Fsp3) is 0.115. The van der Waals surface area contributed by atoms with Crippen molar-refractivity contribution in [2.45, 2.75) is 12.7 Å². The molecule has 0 aliphatic carbocycles. The van der Waals surface area contributed by atoms with Gasteiger partial charge in [-0.1, -0.05) is 12.1 Å². The summed E-state index contributed by atoms with van der Waals surface area (Å²) in [7, 11) is 1.47. The lowest BCUT2D eigenvalue weighted by Gasteiger charge is -2.13. The van der Waals surface area contributed by atoms with E-state index in [9.17, 15) is 32.6 Å². The van der Waals surface area contributed by atoms with Crippen molar-refractivity contribution in [1.29, 1.82) is 0 Å². The number of carbonyl (C=O) groups is 1. The fourth-order valence-corrected chi connectivity index (χ4v) is 3.74. The van der Waals surface area contributed by atoms with Gasteiger partial charge in [0.2, 0.25) is 5.88 Å². The van der Waals surface area contributed by atoms with Gasteiger partial charge in [-0.15, -0.1) is 0 Å². The second kappa shape index (κ2) is 9.17. The van der Waals surface area contributed by atoms with Gasteiger partial charge < -0.3 is 19.5 Å². The first-order valence-electron chi connectivity index (χ1n) is 10.4. The molecule has 35 heavy (non-hydrogen) atoms. The number of nitrogens with zero attached hydrogens (tertiary/aromatic N) is 1. The molecule has 0 bridgehead atoms. The van der Waals surface area contributed by atoms with Crippen molar-refractivity contribution < 1.29 is 37.3 Å². The summed E-state index contributed by atoms with van der Waals surface area (Å²) in [5, 5.41) is 21.5. The quantitative estimate of drug-likeness (QED) is 0.259. The first kappa shape index (κ1) is 23.9. The minimum atomic E-state index is -4.51. The number of ether oxygens (including phenoxy) is 1. The molecule has 0 amide bonds. The zero-order valence-corrected chi connectivity index (χ0v) is 18.3. The van der Waals surface area contributed by atoms with E-state index in [4.69, 9.17) is 4.74 Å². The SMILES string of the molecule is COc1ccc(C(=O)c2c(O)c(O)n(Cc3ccc(C(F)(F)F)cc3)c2-c2ccc(F)cc2)cc1. The lowest BCUT2D eigenvalue weighted by Crippen LogP contribution is -2.08. The molecular formula is C26H19F4NO4. The van der Waals surface area contributed by atoms with Gasteiger partial charge in [0.15, 0.2) is 11.5 Å². The third-order valence-corrected chi connectivity index (χ3v) is 5.53. The third-order valence-electron chi connectivity index (χ3n) is 5.53. The topological polar surface area (TPSA) is 71.7 Å². The van der Waals surface area contributed by atoms with Gasteiger partial charge >= 0.3 is 6.18 Å². The smallest absolute Gasteiger partial charge is 0.416 e. The molecule has 0 aliphatic rings. The van der Waals surface area contributed by atoms with Crippen molar-refractivity contribution in [3.63, 3.8) is 0 Å². The number of carbonyl (C=O) groups excluding carboxylic acids is 1. The maximum atomic E-state index is 13.6. The first-order valence-corrected chi connectivity index (χ1v) is 10.4. The number of alkyl halides is 3. The van der Waals surface area contributed by atoms with E-state index in [0.717, 1.165) is 24.3 Å². The van der Waals surface area contributed by atoms with Gasteiger partial charge in [-0.3, -0.25) is 4.79 Å². The second-order valence-corrected chi connectivity index (χ2v) is 7.74. The summed E-state index contributed by atoms with van der Waals surface area (Å²) in [5.41, 5.74) is -0.112. The Morgan fingerprint density at radius 3 is 2.06 bits per heavy atom. The molecule has 9 heteroatoms. The molecule has 0 saturated heterocycles. The van der Waals surface area contributed by atoms with Crippen LogP contribution in [0.3, 0.4) is 0 Å². The number of rotatable bonds is 6. The molecule has 0 radical (unpaired) electrons. The number of aromatic hydroxyl groups is 2. The highest BCUT2D eigenvalue weighted by Gasteiger charge is 2.31. The van der Waals surface area contributed by atoms with Crippen LogP contribution in [0.25, 0.3) is 11.3 Å². The van der Waals surface area contributed by atoms with Crippen LogP contribution in [0.1, 0.15) is 27.0 Å². The Morgan fingerprint density at radius 2 is 1.51 bits per heavy atom. The van der Waals surface area contributed by atoms with Gasteiger partial charge in [0.25, 0.3) is 0 Å². The Hall–Kier alpha value is -4.27. The van der Waals surface area contributed by atoms with Crippen molar-refractivity contribution in [3.8, 4) is 28.6 Å². The van der Waals surface area contributed by atoms with E-state index >= 15 is 0 Å². The monoisotopic (exact) mass is 485 g/mol. The standard InChI is InChI=1S/C26H19F4NO4/c1-35-20-12-6-17(7-13-20)23(32)21-22(16-4-10-19(27)11-5-16)31(25(34)24(21)33)14-15-2-8-18(9-3-15)26(28,29)30/h2-13,33-34H,14H2,1H3. The molecular weight excluding hydrogens is 466 g/mol. The molecule has 1 aromatic heterocycles. The lowest BCUT2D eigenvalue weighted by molar-refractivity contribution is -0.137. The van der Waals surface area contributed by atoms with E-state index in [1.165, 1.54) is 48.1 Å². The van der Waals surface area contributed by atoms with E-state index in [0.29, 0.717) is 16.9 Å². The van der Waals surface area contributed by atoms with Crippen molar-refractivity contribution in [2.75, 3.05) is 7.11 Å². The Labute approximate surface area is 197 Å². The highest BCUT2D eigenvalue weighted by atomic mass is 19.4. The van der Waals surface area contributed by atoms with E-state index in [-0.39, 0.29) is 23.4 Å². The van der Waals surface area contributed by atoms with Crippen LogP contribution in [-0.2, 0) is 12.7 Å². The Bertz CT molecular complexity index is 1360. The van der Waals surface area contributed by atoms with Gasteiger partial charge in [0.05, 0.1) is 30.5 Å². The summed E-state index contributed by atoms with van der Waals surface area (Å²) in [6.07, 6.45) is -4.51. The number of benzene rings is 3. The molecule has 1 heterocycles. The normalized spacial score (nSPS) is 11.5. The Morgan fingerprint density at radius 1 is 0.914 bits per heavy atom. The summed E-state index contributed by atoms with van der Waals surface area (Å²) in [6, 6.07) is 15.4. The molecule has 5 nitrogen and oxygen atoms in total. The maximum absolute atomic E-state index is 13.6. The predicted molar refractivity (Wildman–Crippen MR) is 120 cm³/mol. The van der Waals surface area contributed by atoms with Gasteiger partial charge in [-0.2, -0.15) is 13.2 Å². The van der Waals surface area contributed by atoms with Crippen LogP contribution < -0.4 is 4.74 Å². The van der Waals surface area contributed by atoms with E-state index in [1.807, 2.05) is 0 Å². The summed E-state index contributed by atoms with van der Waals surface area (Å²) in [4.78, 5) is 13.4. The minimum Gasteiger partial charge on any atom is -0.503 e. The Balaban J connectivity index is 1.84. The Kier molecular flexibility index (Phi) is 6.26. The molecule has 2 N–H and O–H groups in total. The van der Waals surface area contributed by atoms with Crippen LogP contribution >= 0.6 is 0 Å². The summed E-state index contributed by atoms with van der Waals surface area (Å²) >= 11 is 0. The molecule has 0 saturated carbocycles. The number of ketones is 1. The third kappa shape index (κ3) is 4.70.